The van der Waals surface area contributed by atoms with E-state index < -0.39 is 6.03 Å². The van der Waals surface area contributed by atoms with Gasteiger partial charge in [0.15, 0.2) is 11.5 Å². The van der Waals surface area contributed by atoms with E-state index in [1.165, 1.54) is 32.7 Å². The van der Waals surface area contributed by atoms with Crippen LogP contribution in [0.3, 0.4) is 0 Å². The van der Waals surface area contributed by atoms with E-state index in [2.05, 4.69) is 20.8 Å². The van der Waals surface area contributed by atoms with Crippen molar-refractivity contribution in [1.29, 1.82) is 0 Å². The van der Waals surface area contributed by atoms with Gasteiger partial charge in [-0.25, -0.2) is 4.79 Å². The van der Waals surface area contributed by atoms with Gasteiger partial charge in [-0.05, 0) is 30.3 Å². The Kier molecular flexibility index (Phi) is 6.63. The highest BCUT2D eigenvalue weighted by Gasteiger charge is 2.17. The summed E-state index contributed by atoms with van der Waals surface area (Å²) < 4.78 is 16.0. The molecule has 0 saturated heterocycles. The molecule has 2 amide bonds. The van der Waals surface area contributed by atoms with E-state index in [1.54, 1.807) is 30.3 Å². The quantitative estimate of drug-likeness (QED) is 0.532. The minimum Gasteiger partial charge on any atom is -0.493 e. The van der Waals surface area contributed by atoms with Crippen molar-refractivity contribution in [3.63, 3.8) is 0 Å². The summed E-state index contributed by atoms with van der Waals surface area (Å²) in [6.45, 7) is 0. The second-order valence-corrected chi connectivity index (χ2v) is 7.33. The summed E-state index contributed by atoms with van der Waals surface area (Å²) in [6.07, 6.45) is 0. The van der Waals surface area contributed by atoms with Gasteiger partial charge < -0.3 is 19.5 Å². The number of amides is 2. The van der Waals surface area contributed by atoms with E-state index in [9.17, 15) is 4.79 Å². The zero-order chi connectivity index (χ0) is 21.0. The molecule has 0 aliphatic carbocycles. The van der Waals surface area contributed by atoms with Crippen LogP contribution in [0.25, 0.3) is 10.6 Å². The fraction of sp³-hybridized carbons (Fsp3) is 0.167. The van der Waals surface area contributed by atoms with E-state index in [-0.39, 0.29) is 0 Å². The number of hydrogen-bond donors (Lipinski definition) is 2. The lowest BCUT2D eigenvalue weighted by atomic mass is 10.2. The van der Waals surface area contributed by atoms with E-state index >= 15 is 0 Å². The smallest absolute Gasteiger partial charge is 0.325 e. The van der Waals surface area contributed by atoms with Crippen molar-refractivity contribution in [2.45, 2.75) is 0 Å². The first-order valence-electron chi connectivity index (χ1n) is 8.12. The molecule has 8 nitrogen and oxygen atoms in total. The summed E-state index contributed by atoms with van der Waals surface area (Å²) in [6, 6.07) is 7.78. The number of nitrogens with zero attached hydrogens (tertiary/aromatic N) is 2. The molecule has 3 rings (SSSR count). The molecule has 0 spiro atoms. The topological polar surface area (TPSA) is 94.6 Å². The van der Waals surface area contributed by atoms with Crippen LogP contribution in [0.1, 0.15) is 0 Å². The minimum atomic E-state index is -0.490. The zero-order valence-electron chi connectivity index (χ0n) is 15.6. The molecule has 0 saturated carbocycles. The maximum absolute atomic E-state index is 12.2. The maximum atomic E-state index is 12.2. The molecule has 2 N–H and O–H groups in total. The average Bonchev–Trinajstić information content (AvgIpc) is 3.17. The van der Waals surface area contributed by atoms with Gasteiger partial charge in [-0.1, -0.05) is 34.5 Å². The van der Waals surface area contributed by atoms with Crippen LogP contribution in [0.2, 0.25) is 10.0 Å². The molecule has 1 aromatic heterocycles. The second kappa shape index (κ2) is 9.17. The van der Waals surface area contributed by atoms with Gasteiger partial charge in [0, 0.05) is 11.3 Å². The number of ether oxygens (including phenoxy) is 3. The fourth-order valence-corrected chi connectivity index (χ4v) is 3.45. The monoisotopic (exact) mass is 454 g/mol. The molecule has 152 valence electrons. The Balaban J connectivity index is 1.76. The number of halogens is 2. The highest BCUT2D eigenvalue weighted by Crippen LogP contribution is 2.42. The number of anilines is 2. The van der Waals surface area contributed by atoms with Gasteiger partial charge in [-0.15, -0.1) is 10.2 Å². The Bertz CT molecular complexity index is 1020. The molecule has 0 radical (unpaired) electrons. The lowest BCUT2D eigenvalue weighted by Gasteiger charge is -2.13. The van der Waals surface area contributed by atoms with Crippen LogP contribution in [0, 0.1) is 0 Å². The second-order valence-electron chi connectivity index (χ2n) is 5.53. The third-order valence-corrected chi connectivity index (χ3v) is 5.36. The molecule has 29 heavy (non-hydrogen) atoms. The number of carbonyl (C=O) groups is 1. The van der Waals surface area contributed by atoms with Crippen LogP contribution >= 0.6 is 34.5 Å². The molecule has 0 aliphatic heterocycles. The van der Waals surface area contributed by atoms with Gasteiger partial charge in [-0.2, -0.15) is 0 Å². The van der Waals surface area contributed by atoms with Gasteiger partial charge in [0.2, 0.25) is 10.9 Å². The molecule has 0 unspecified atom stereocenters. The number of rotatable bonds is 6. The zero-order valence-corrected chi connectivity index (χ0v) is 17.9. The van der Waals surface area contributed by atoms with Crippen molar-refractivity contribution in [2.75, 3.05) is 32.0 Å². The van der Waals surface area contributed by atoms with Crippen molar-refractivity contribution >= 4 is 51.4 Å². The van der Waals surface area contributed by atoms with Crippen LogP contribution in [0.4, 0.5) is 15.6 Å². The van der Waals surface area contributed by atoms with E-state index in [4.69, 9.17) is 37.4 Å². The van der Waals surface area contributed by atoms with Crippen LogP contribution < -0.4 is 24.8 Å². The largest absolute Gasteiger partial charge is 0.493 e. The highest BCUT2D eigenvalue weighted by atomic mass is 35.5. The third-order valence-electron chi connectivity index (χ3n) is 3.73. The Morgan fingerprint density at radius 2 is 1.62 bits per heavy atom. The van der Waals surface area contributed by atoms with Crippen molar-refractivity contribution in [3.8, 4) is 27.8 Å². The number of nitrogens with one attached hydrogen (secondary N) is 2. The van der Waals surface area contributed by atoms with Crippen LogP contribution in [0.15, 0.2) is 30.3 Å². The number of aromatic nitrogens is 2. The van der Waals surface area contributed by atoms with Gasteiger partial charge in [-0.3, -0.25) is 5.32 Å². The van der Waals surface area contributed by atoms with Crippen LogP contribution in [0.5, 0.6) is 17.2 Å². The Hall–Kier alpha value is -2.75. The Labute approximate surface area is 180 Å². The van der Waals surface area contributed by atoms with E-state index in [0.717, 1.165) is 0 Å². The molecule has 0 aliphatic rings. The first kappa shape index (κ1) is 21.0. The summed E-state index contributed by atoms with van der Waals surface area (Å²) in [5.41, 5.74) is 1.20. The average molecular weight is 455 g/mol. The summed E-state index contributed by atoms with van der Waals surface area (Å²) in [5, 5.41) is 15.0. The highest BCUT2D eigenvalue weighted by molar-refractivity contribution is 7.18. The first-order chi connectivity index (χ1) is 13.9. The number of carbonyl (C=O) groups excluding carboxylic acids is 1. The predicted molar refractivity (Wildman–Crippen MR) is 114 cm³/mol. The van der Waals surface area contributed by atoms with Gasteiger partial charge in [0.25, 0.3) is 0 Å². The van der Waals surface area contributed by atoms with Gasteiger partial charge >= 0.3 is 6.03 Å². The van der Waals surface area contributed by atoms with Crippen molar-refractivity contribution in [1.82, 2.24) is 10.2 Å². The van der Waals surface area contributed by atoms with Gasteiger partial charge in [0.05, 0.1) is 31.4 Å². The first-order valence-corrected chi connectivity index (χ1v) is 9.69. The number of hydrogen-bond acceptors (Lipinski definition) is 7. The molecule has 1 heterocycles. The molecule has 0 fully saturated rings. The molecule has 11 heteroatoms. The number of benzene rings is 2. The fourth-order valence-electron chi connectivity index (χ4n) is 2.43. The van der Waals surface area contributed by atoms with Crippen molar-refractivity contribution < 1.29 is 19.0 Å². The summed E-state index contributed by atoms with van der Waals surface area (Å²) in [7, 11) is 4.59. The van der Waals surface area contributed by atoms with Crippen LogP contribution in [-0.2, 0) is 0 Å². The molecule has 0 bridgehead atoms. The van der Waals surface area contributed by atoms with E-state index in [1.807, 2.05) is 0 Å². The van der Waals surface area contributed by atoms with Crippen LogP contribution in [-0.4, -0.2) is 37.6 Å². The molecular weight excluding hydrogens is 439 g/mol. The molecule has 0 atom stereocenters. The lowest BCUT2D eigenvalue weighted by Crippen LogP contribution is -2.19. The maximum Gasteiger partial charge on any atom is 0.325 e. The Morgan fingerprint density at radius 3 is 2.21 bits per heavy atom. The molecule has 3 aromatic rings. The minimum absolute atomic E-state index is 0.311. The third kappa shape index (κ3) is 4.81. The number of urea groups is 1. The molecular formula is C18H16Cl2N4O4S. The summed E-state index contributed by atoms with van der Waals surface area (Å²) >= 11 is 13.0. The summed E-state index contributed by atoms with van der Waals surface area (Å²) in [5.74, 6) is 1.45. The normalized spacial score (nSPS) is 10.4. The predicted octanol–water partition coefficient (Wildman–Crippen LogP) is 5.18. The molecule has 2 aromatic carbocycles. The lowest BCUT2D eigenvalue weighted by molar-refractivity contribution is 0.262. The SMILES string of the molecule is COc1cc(-c2nnc(NC(=O)Nc3ccc(Cl)c(Cl)c3)s2)cc(OC)c1OC. The van der Waals surface area contributed by atoms with Gasteiger partial charge in [0.1, 0.15) is 5.01 Å². The van der Waals surface area contributed by atoms with Crippen molar-refractivity contribution in [3.05, 3.63) is 40.4 Å². The van der Waals surface area contributed by atoms with Crippen molar-refractivity contribution in [2.24, 2.45) is 0 Å². The number of methoxy groups -OCH3 is 3. The standard InChI is InChI=1S/C18H16Cl2N4O4S/c1-26-13-6-9(7-14(27-2)15(13)28-3)16-23-24-18(29-16)22-17(25)21-10-4-5-11(19)12(20)8-10/h4-8H,1-3H3,(H2,21,22,24,25). The summed E-state index contributed by atoms with van der Waals surface area (Å²) in [4.78, 5) is 12.2. The Morgan fingerprint density at radius 1 is 0.931 bits per heavy atom. The van der Waals surface area contributed by atoms with E-state index in [0.29, 0.717) is 48.7 Å².